The molecule has 12 rings (SSSR count). The first kappa shape index (κ1) is 46.3. The van der Waals surface area contributed by atoms with Crippen molar-refractivity contribution in [1.82, 2.24) is 0 Å². The second kappa shape index (κ2) is 22.4. The Morgan fingerprint density at radius 1 is 0.290 bits per heavy atom. The zero-order valence-electron chi connectivity index (χ0n) is 39.4. The van der Waals surface area contributed by atoms with E-state index in [0.29, 0.717) is 75.3 Å². The van der Waals surface area contributed by atoms with Crippen LogP contribution in [-0.2, 0) is 37.9 Å². The normalized spacial score (nSPS) is 25.8. The van der Waals surface area contributed by atoms with E-state index in [4.69, 9.17) is 56.8 Å². The van der Waals surface area contributed by atoms with Gasteiger partial charge in [-0.2, -0.15) is 0 Å². The summed E-state index contributed by atoms with van der Waals surface area (Å²) < 4.78 is 68.6. The molecule has 8 atom stereocenters. The molecule has 4 aromatic rings. The number of anilines is 4. The summed E-state index contributed by atoms with van der Waals surface area (Å²) in [5, 5.41) is 0. The van der Waals surface area contributed by atoms with Crippen molar-refractivity contribution in [2.24, 2.45) is 0 Å². The minimum Gasteiger partial charge on any atom is -0.491 e. The van der Waals surface area contributed by atoms with E-state index in [1.54, 1.807) is 0 Å². The van der Waals surface area contributed by atoms with Crippen LogP contribution in [0.1, 0.15) is 6.42 Å². The minimum absolute atomic E-state index is 0.302. The number of ether oxygens (including phenoxy) is 12. The number of rotatable bonds is 31. The Morgan fingerprint density at radius 3 is 0.681 bits per heavy atom. The van der Waals surface area contributed by atoms with Crippen LogP contribution in [0.2, 0.25) is 0 Å². The Kier molecular flexibility index (Phi) is 15.0. The van der Waals surface area contributed by atoms with Crippen LogP contribution >= 0.6 is 0 Å². The lowest BCUT2D eigenvalue weighted by Gasteiger charge is -2.26. The molecule has 8 aliphatic heterocycles. The maximum absolute atomic E-state index is 6.21. The van der Waals surface area contributed by atoms with Crippen molar-refractivity contribution in [2.45, 2.75) is 55.3 Å². The van der Waals surface area contributed by atoms with Gasteiger partial charge in [-0.1, -0.05) is 48.5 Å². The highest BCUT2D eigenvalue weighted by atomic mass is 16.6. The van der Waals surface area contributed by atoms with Gasteiger partial charge in [0.25, 0.3) is 0 Å². The summed E-state index contributed by atoms with van der Waals surface area (Å²) in [5.41, 5.74) is 4.36. The smallest absolute Gasteiger partial charge is 0.142 e. The highest BCUT2D eigenvalue weighted by Crippen LogP contribution is 2.35. The fourth-order valence-corrected chi connectivity index (χ4v) is 8.53. The Morgan fingerprint density at radius 2 is 0.478 bits per heavy atom. The lowest BCUT2D eigenvalue weighted by Crippen LogP contribution is -2.32. The molecule has 8 saturated heterocycles. The topological polar surface area (TPSA) is 150 Å². The predicted octanol–water partition coefficient (Wildman–Crippen LogP) is 5.09. The van der Waals surface area contributed by atoms with Crippen LogP contribution in [0, 0.1) is 0 Å². The second-order valence-electron chi connectivity index (χ2n) is 18.9. The van der Waals surface area contributed by atoms with Crippen molar-refractivity contribution in [3.8, 4) is 23.0 Å². The molecule has 0 aliphatic carbocycles. The molecule has 8 unspecified atom stereocenters. The molecule has 16 nitrogen and oxygen atoms in total. The second-order valence-corrected chi connectivity index (χ2v) is 18.9. The van der Waals surface area contributed by atoms with Gasteiger partial charge < -0.3 is 76.4 Å². The number of nitrogens with zero attached hydrogens (tertiary/aromatic N) is 4. The molecule has 4 aromatic carbocycles. The summed E-state index contributed by atoms with van der Waals surface area (Å²) in [4.78, 5) is 9.30. The van der Waals surface area contributed by atoms with E-state index >= 15 is 0 Å². The fraction of sp³-hybridized carbons (Fsp3) is 0.547. The summed E-state index contributed by atoms with van der Waals surface area (Å²) in [7, 11) is 0. The van der Waals surface area contributed by atoms with Crippen molar-refractivity contribution in [3.05, 3.63) is 97.1 Å². The van der Waals surface area contributed by atoms with Gasteiger partial charge >= 0.3 is 0 Å². The number of hydrogen-bond donors (Lipinski definition) is 0. The zero-order chi connectivity index (χ0) is 46.2. The predicted molar refractivity (Wildman–Crippen MR) is 259 cm³/mol. The molecule has 0 spiro atoms. The molecule has 69 heavy (non-hydrogen) atoms. The molecule has 0 saturated carbocycles. The van der Waals surface area contributed by atoms with Crippen molar-refractivity contribution in [1.29, 1.82) is 0 Å². The third-order valence-corrected chi connectivity index (χ3v) is 12.8. The van der Waals surface area contributed by atoms with Crippen molar-refractivity contribution < 1.29 is 56.8 Å². The van der Waals surface area contributed by atoms with Crippen LogP contribution in [0.5, 0.6) is 23.0 Å². The third kappa shape index (κ3) is 14.7. The Hall–Kier alpha value is -5.04. The van der Waals surface area contributed by atoms with Crippen LogP contribution in [0.15, 0.2) is 97.1 Å². The molecule has 0 N–H and O–H groups in total. The van der Waals surface area contributed by atoms with Crippen LogP contribution in [0.25, 0.3) is 0 Å². The van der Waals surface area contributed by atoms with Gasteiger partial charge in [0.2, 0.25) is 0 Å². The van der Waals surface area contributed by atoms with Gasteiger partial charge in [-0.25, -0.2) is 0 Å². The summed E-state index contributed by atoms with van der Waals surface area (Å²) in [6.45, 7) is 15.6. The summed E-state index contributed by atoms with van der Waals surface area (Å²) >= 11 is 0. The van der Waals surface area contributed by atoms with Gasteiger partial charge in [-0.05, 0) is 48.5 Å². The Labute approximate surface area is 405 Å². The van der Waals surface area contributed by atoms with Crippen molar-refractivity contribution in [3.63, 3.8) is 0 Å². The molecule has 0 amide bonds. The highest BCUT2D eigenvalue weighted by molar-refractivity contribution is 5.61. The van der Waals surface area contributed by atoms with Gasteiger partial charge in [0.05, 0.1) is 138 Å². The molecule has 8 fully saturated rings. The molecule has 8 heterocycles. The first-order valence-corrected chi connectivity index (χ1v) is 24.9. The van der Waals surface area contributed by atoms with E-state index < -0.39 is 0 Å². The lowest BCUT2D eigenvalue weighted by molar-refractivity contribution is 0.217. The van der Waals surface area contributed by atoms with Gasteiger partial charge in [0, 0.05) is 58.8 Å². The third-order valence-electron chi connectivity index (χ3n) is 12.8. The molecule has 370 valence electrons. The van der Waals surface area contributed by atoms with Gasteiger partial charge in [0.15, 0.2) is 0 Å². The molecule has 0 bridgehead atoms. The van der Waals surface area contributed by atoms with Crippen molar-refractivity contribution in [2.75, 3.05) is 151 Å². The summed E-state index contributed by atoms with van der Waals surface area (Å²) in [6.07, 6.45) is 3.25. The van der Waals surface area contributed by atoms with E-state index in [-0.39, 0.29) is 0 Å². The van der Waals surface area contributed by atoms with Crippen LogP contribution in [0.3, 0.4) is 0 Å². The molecular weight excluding hydrogens is 885 g/mol. The Balaban J connectivity index is 0.000000151. The number of para-hydroxylation sites is 8. The van der Waals surface area contributed by atoms with Crippen LogP contribution < -0.4 is 38.5 Å². The minimum atomic E-state index is 0.302. The van der Waals surface area contributed by atoms with E-state index in [1.165, 1.54) is 0 Å². The van der Waals surface area contributed by atoms with E-state index in [2.05, 4.69) is 56.0 Å². The van der Waals surface area contributed by atoms with E-state index in [0.717, 1.165) is 157 Å². The molecule has 16 heteroatoms. The first-order valence-electron chi connectivity index (χ1n) is 24.9. The quantitative estimate of drug-likeness (QED) is 0.0486. The first-order chi connectivity index (χ1) is 34.1. The average molecular weight is 951 g/mol. The number of epoxide rings is 8. The lowest BCUT2D eigenvalue weighted by atomic mass is 10.2. The van der Waals surface area contributed by atoms with Crippen LogP contribution in [0.4, 0.5) is 22.7 Å². The number of hydrogen-bond acceptors (Lipinski definition) is 16. The van der Waals surface area contributed by atoms with Crippen molar-refractivity contribution >= 4 is 22.7 Å². The molecule has 0 aromatic heterocycles. The van der Waals surface area contributed by atoms with Gasteiger partial charge in [0.1, 0.15) is 36.2 Å². The highest BCUT2D eigenvalue weighted by Gasteiger charge is 2.35. The summed E-state index contributed by atoms with van der Waals surface area (Å²) in [6, 6.07) is 32.8. The fourth-order valence-electron chi connectivity index (χ4n) is 8.53. The maximum Gasteiger partial charge on any atom is 0.142 e. The van der Waals surface area contributed by atoms with Crippen LogP contribution in [-0.4, -0.2) is 180 Å². The average Bonchev–Trinajstić information content (AvgIpc) is 4.18. The van der Waals surface area contributed by atoms with E-state index in [1.807, 2.05) is 60.7 Å². The molecule has 8 aliphatic rings. The van der Waals surface area contributed by atoms with E-state index in [9.17, 15) is 0 Å². The maximum atomic E-state index is 6.21. The standard InChI is InChI=1S/C27H34N2O6.C26H32N2O6/c1-3-8-26(24(6-1)28(12-20-16-32-20)13-21-17-33-21)30-10-5-11-31-27-9-4-2-7-25(27)29(14-22-18-34-22)15-23-19-35-23;1-3-7-25(23(5-1)27(11-19-15-31-19)12-20-16-32-20)29-9-10-30-26-8-4-2-6-24(26)28(13-21-17-33-21)14-22-18-34-22/h1-4,6-9,20-23H,5,10-19H2;1-8,19-22H,9-18H2. The van der Waals surface area contributed by atoms with Gasteiger partial charge in [-0.3, -0.25) is 0 Å². The SMILES string of the molecule is c1ccc(N(CC2CO2)CC2CO2)c(OCCCOc2ccccc2N(CC2CO2)CC2CO2)c1.c1ccc(N(CC2CO2)CC2CO2)c(OCCOc2ccccc2N(CC2CO2)CC2CO2)c1. The zero-order valence-corrected chi connectivity index (χ0v) is 39.4. The monoisotopic (exact) mass is 950 g/mol. The van der Waals surface area contributed by atoms with Gasteiger partial charge in [-0.15, -0.1) is 0 Å². The number of benzene rings is 4. The molecule has 0 radical (unpaired) electrons. The largest absolute Gasteiger partial charge is 0.491 e. The molecular formula is C53H66N4O12. The summed E-state index contributed by atoms with van der Waals surface area (Å²) in [5.74, 6) is 3.52. The Bertz CT molecular complexity index is 2030.